The van der Waals surface area contributed by atoms with E-state index in [1.165, 1.54) is 11.8 Å². The van der Waals surface area contributed by atoms with Crippen molar-refractivity contribution < 1.29 is 42.4 Å². The van der Waals surface area contributed by atoms with Crippen molar-refractivity contribution in [2.45, 2.75) is 45.3 Å². The highest BCUT2D eigenvalue weighted by molar-refractivity contribution is 5.72. The summed E-state index contributed by atoms with van der Waals surface area (Å²) in [6, 6.07) is 16.1. The number of benzene rings is 2. The van der Waals surface area contributed by atoms with E-state index in [0.29, 0.717) is 12.4 Å². The minimum absolute atomic E-state index is 0.0592. The highest BCUT2D eigenvalue weighted by Gasteiger charge is 2.26. The summed E-state index contributed by atoms with van der Waals surface area (Å²) in [5.74, 6) is -3.41. The van der Waals surface area contributed by atoms with Gasteiger partial charge in [-0.15, -0.1) is 0 Å². The van der Waals surface area contributed by atoms with Gasteiger partial charge < -0.3 is 29.0 Å². The molecule has 0 aliphatic rings. The van der Waals surface area contributed by atoms with Crippen LogP contribution in [0.5, 0.6) is 5.75 Å². The Morgan fingerprint density at radius 1 is 0.973 bits per heavy atom. The first-order chi connectivity index (χ1) is 17.7. The molecule has 10 heteroatoms. The maximum atomic E-state index is 13.4. The number of halogens is 2. The maximum Gasteiger partial charge on any atom is 0.410 e. The molecule has 1 atom stereocenters. The lowest BCUT2D eigenvalue weighted by Crippen LogP contribution is -2.38. The Hall–Kier alpha value is -3.24. The Balaban J connectivity index is 1.89. The van der Waals surface area contributed by atoms with Gasteiger partial charge in [-0.2, -0.15) is 0 Å². The van der Waals surface area contributed by atoms with Gasteiger partial charge in [0.15, 0.2) is 6.10 Å². The number of hydrogen-bond acceptors (Lipinski definition) is 6. The minimum atomic E-state index is -2.92. The van der Waals surface area contributed by atoms with Crippen LogP contribution in [0.3, 0.4) is 0 Å². The number of carboxylic acids is 1. The lowest BCUT2D eigenvalue weighted by molar-refractivity contribution is -0.149. The summed E-state index contributed by atoms with van der Waals surface area (Å²) in [5.41, 5.74) is 1.60. The summed E-state index contributed by atoms with van der Waals surface area (Å²) in [6.45, 7) is 3.03. The number of amides is 1. The lowest BCUT2D eigenvalue weighted by Gasteiger charge is -2.23. The molecule has 2 aromatic rings. The summed E-state index contributed by atoms with van der Waals surface area (Å²) < 4.78 is 48.3. The van der Waals surface area contributed by atoms with Crippen LogP contribution < -0.4 is 4.74 Å². The van der Waals surface area contributed by atoms with E-state index in [9.17, 15) is 23.5 Å². The number of carbonyl (C=O) groups is 2. The van der Waals surface area contributed by atoms with Gasteiger partial charge in [0.05, 0.1) is 13.2 Å². The normalized spacial score (nSPS) is 12.1. The van der Waals surface area contributed by atoms with Gasteiger partial charge in [0.2, 0.25) is 0 Å². The molecule has 0 aliphatic heterocycles. The van der Waals surface area contributed by atoms with Crippen LogP contribution >= 0.6 is 0 Å². The van der Waals surface area contributed by atoms with Crippen LogP contribution in [0.4, 0.5) is 13.6 Å². The summed E-state index contributed by atoms with van der Waals surface area (Å²) in [5, 5.41) is 9.23. The third-order valence-corrected chi connectivity index (χ3v) is 5.42. The molecule has 1 N–H and O–H groups in total. The van der Waals surface area contributed by atoms with Gasteiger partial charge in [0.25, 0.3) is 5.92 Å². The zero-order valence-corrected chi connectivity index (χ0v) is 21.2. The first-order valence-corrected chi connectivity index (χ1v) is 12.2. The molecule has 0 heterocycles. The van der Waals surface area contributed by atoms with E-state index < -0.39 is 30.7 Å². The van der Waals surface area contributed by atoms with Gasteiger partial charge in [-0.3, -0.25) is 0 Å². The molecule has 204 valence electrons. The summed E-state index contributed by atoms with van der Waals surface area (Å²) >= 11 is 0. The van der Waals surface area contributed by atoms with Crippen molar-refractivity contribution in [2.24, 2.45) is 0 Å². The van der Waals surface area contributed by atoms with Crippen molar-refractivity contribution in [3.05, 3.63) is 65.7 Å². The van der Waals surface area contributed by atoms with Crippen LogP contribution in [0.25, 0.3) is 0 Å². The summed E-state index contributed by atoms with van der Waals surface area (Å²) in [4.78, 5) is 25.3. The fourth-order valence-corrected chi connectivity index (χ4v) is 3.23. The number of aliphatic carboxylic acids is 1. The number of rotatable bonds is 17. The van der Waals surface area contributed by atoms with Gasteiger partial charge in [0.1, 0.15) is 25.6 Å². The highest BCUT2D eigenvalue weighted by atomic mass is 19.3. The second-order valence-electron chi connectivity index (χ2n) is 8.27. The van der Waals surface area contributed by atoms with Crippen LogP contribution in [-0.4, -0.2) is 73.6 Å². The standard InChI is InChI=1S/C27H35F2NO7/c1-3-27(28,29)20-34-16-14-30(26(33)37-19-22-8-6-5-7-9-22)15-17-36-23-12-10-21(11-13-23)18-24(25(31)32)35-4-2/h5-13,24H,3-4,14-20H2,1-2H3,(H,31,32). The first kappa shape index (κ1) is 30.0. The Kier molecular flexibility index (Phi) is 12.8. The van der Waals surface area contributed by atoms with Crippen LogP contribution in [0.15, 0.2) is 54.6 Å². The summed E-state index contributed by atoms with van der Waals surface area (Å²) in [6.07, 6.45) is -1.64. The second kappa shape index (κ2) is 15.8. The van der Waals surface area contributed by atoms with Gasteiger partial charge in [0, 0.05) is 26.0 Å². The third kappa shape index (κ3) is 11.6. The maximum absolute atomic E-state index is 13.4. The zero-order chi connectivity index (χ0) is 27.1. The largest absolute Gasteiger partial charge is 0.492 e. The Morgan fingerprint density at radius 2 is 1.65 bits per heavy atom. The molecule has 0 bridgehead atoms. The Morgan fingerprint density at radius 3 is 2.27 bits per heavy atom. The molecule has 0 radical (unpaired) electrons. The quantitative estimate of drug-likeness (QED) is 0.298. The predicted molar refractivity (Wildman–Crippen MR) is 133 cm³/mol. The first-order valence-electron chi connectivity index (χ1n) is 12.2. The van der Waals surface area contributed by atoms with E-state index in [-0.39, 0.29) is 45.8 Å². The van der Waals surface area contributed by atoms with Crippen LogP contribution in [0, 0.1) is 0 Å². The molecule has 1 unspecified atom stereocenters. The van der Waals surface area contributed by atoms with Crippen LogP contribution in [-0.2, 0) is 32.0 Å². The fourth-order valence-electron chi connectivity index (χ4n) is 3.23. The topological polar surface area (TPSA) is 94.5 Å². The van der Waals surface area contributed by atoms with Crippen molar-refractivity contribution >= 4 is 12.1 Å². The number of ether oxygens (including phenoxy) is 4. The highest BCUT2D eigenvalue weighted by Crippen LogP contribution is 2.18. The van der Waals surface area contributed by atoms with Crippen molar-refractivity contribution in [3.63, 3.8) is 0 Å². The predicted octanol–water partition coefficient (Wildman–Crippen LogP) is 4.80. The molecule has 0 saturated heterocycles. The molecule has 0 saturated carbocycles. The van der Waals surface area contributed by atoms with E-state index in [2.05, 4.69) is 0 Å². The Bertz CT molecular complexity index is 942. The van der Waals surface area contributed by atoms with Gasteiger partial charge in [-0.25, -0.2) is 18.4 Å². The molecule has 2 rings (SSSR count). The molecule has 8 nitrogen and oxygen atoms in total. The molecule has 37 heavy (non-hydrogen) atoms. The number of carboxylic acid groups (broad SMARTS) is 1. The Labute approximate surface area is 216 Å². The molecular formula is C27H35F2NO7. The van der Waals surface area contributed by atoms with E-state index in [0.717, 1.165) is 11.1 Å². The molecule has 0 aromatic heterocycles. The van der Waals surface area contributed by atoms with E-state index in [4.69, 9.17) is 18.9 Å². The SMILES string of the molecule is CCOC(Cc1ccc(OCCN(CCOCC(F)(F)CC)C(=O)OCc2ccccc2)cc1)C(=O)O. The van der Waals surface area contributed by atoms with Crippen molar-refractivity contribution in [3.8, 4) is 5.75 Å². The average molecular weight is 524 g/mol. The number of hydrogen-bond donors (Lipinski definition) is 1. The number of nitrogens with zero attached hydrogens (tertiary/aromatic N) is 1. The van der Waals surface area contributed by atoms with Crippen LogP contribution in [0.1, 0.15) is 31.4 Å². The van der Waals surface area contributed by atoms with Crippen molar-refractivity contribution in [2.75, 3.05) is 39.5 Å². The molecule has 0 fully saturated rings. The van der Waals surface area contributed by atoms with E-state index >= 15 is 0 Å². The second-order valence-corrected chi connectivity index (χ2v) is 8.27. The number of carbonyl (C=O) groups excluding carboxylic acids is 1. The molecule has 1 amide bonds. The van der Waals surface area contributed by atoms with Gasteiger partial charge >= 0.3 is 12.1 Å². The van der Waals surface area contributed by atoms with E-state index in [1.807, 2.05) is 30.3 Å². The fraction of sp³-hybridized carbons (Fsp3) is 0.481. The average Bonchev–Trinajstić information content (AvgIpc) is 2.89. The van der Waals surface area contributed by atoms with E-state index in [1.54, 1.807) is 31.2 Å². The molecule has 0 aliphatic carbocycles. The lowest BCUT2D eigenvalue weighted by atomic mass is 10.1. The molecule has 2 aromatic carbocycles. The smallest absolute Gasteiger partial charge is 0.410 e. The van der Waals surface area contributed by atoms with Crippen LogP contribution in [0.2, 0.25) is 0 Å². The molecule has 0 spiro atoms. The van der Waals surface area contributed by atoms with Crippen molar-refractivity contribution in [1.29, 1.82) is 0 Å². The minimum Gasteiger partial charge on any atom is -0.492 e. The third-order valence-electron chi connectivity index (χ3n) is 5.42. The van der Waals surface area contributed by atoms with Gasteiger partial charge in [-0.05, 0) is 30.2 Å². The van der Waals surface area contributed by atoms with Crippen molar-refractivity contribution in [1.82, 2.24) is 4.90 Å². The number of alkyl halides is 2. The monoisotopic (exact) mass is 523 g/mol. The summed E-state index contributed by atoms with van der Waals surface area (Å²) in [7, 11) is 0. The molecular weight excluding hydrogens is 488 g/mol. The zero-order valence-electron chi connectivity index (χ0n) is 21.2. The van der Waals surface area contributed by atoms with Gasteiger partial charge in [-0.1, -0.05) is 49.4 Å².